The van der Waals surface area contributed by atoms with Gasteiger partial charge < -0.3 is 15.0 Å². The molecule has 5 heterocycles. The molecule has 6 rings (SSSR count). The van der Waals surface area contributed by atoms with E-state index in [1.165, 1.54) is 11.5 Å². The fraction of sp³-hybridized carbons (Fsp3) is 0.269. The highest BCUT2D eigenvalue weighted by atomic mass is 32.1. The van der Waals surface area contributed by atoms with Gasteiger partial charge in [0.15, 0.2) is 11.5 Å². The molecular weight excluding hydrogens is 488 g/mol. The molecule has 11 heteroatoms. The fourth-order valence-electron chi connectivity index (χ4n) is 4.54. The van der Waals surface area contributed by atoms with Gasteiger partial charge in [-0.2, -0.15) is 14.3 Å². The summed E-state index contributed by atoms with van der Waals surface area (Å²) in [7, 11) is 2.12. The molecule has 37 heavy (non-hydrogen) atoms. The summed E-state index contributed by atoms with van der Waals surface area (Å²) in [6.07, 6.45) is 5.23. The van der Waals surface area contributed by atoms with Gasteiger partial charge in [0.05, 0.1) is 12.1 Å². The zero-order valence-electron chi connectivity index (χ0n) is 20.4. The topological polar surface area (TPSA) is 103 Å². The first kappa shape index (κ1) is 23.3. The van der Waals surface area contributed by atoms with Gasteiger partial charge in [-0.3, -0.25) is 4.79 Å². The Balaban J connectivity index is 1.38. The maximum absolute atomic E-state index is 13.3. The van der Waals surface area contributed by atoms with Gasteiger partial charge in [0.25, 0.3) is 5.56 Å². The van der Waals surface area contributed by atoms with Gasteiger partial charge in [-0.25, -0.2) is 14.3 Å². The molecule has 0 amide bonds. The lowest BCUT2D eigenvalue weighted by Gasteiger charge is -2.29. The summed E-state index contributed by atoms with van der Waals surface area (Å²) in [5, 5.41) is 6.71. The molecule has 0 saturated carbocycles. The zero-order chi connectivity index (χ0) is 25.4. The van der Waals surface area contributed by atoms with Gasteiger partial charge in [-0.15, -0.1) is 6.58 Å². The van der Waals surface area contributed by atoms with E-state index in [0.29, 0.717) is 35.2 Å². The van der Waals surface area contributed by atoms with Crippen LogP contribution in [0.3, 0.4) is 0 Å². The number of piperidine rings is 1. The van der Waals surface area contributed by atoms with Gasteiger partial charge in [0.1, 0.15) is 11.5 Å². The van der Waals surface area contributed by atoms with Gasteiger partial charge in [0.2, 0.25) is 11.8 Å². The number of rotatable bonds is 7. The van der Waals surface area contributed by atoms with Gasteiger partial charge in [0, 0.05) is 41.8 Å². The highest BCUT2D eigenvalue weighted by Gasteiger charge is 2.21. The highest BCUT2D eigenvalue weighted by molar-refractivity contribution is 7.04. The molecule has 5 aromatic rings. The Morgan fingerprint density at radius 2 is 2.08 bits per heavy atom. The van der Waals surface area contributed by atoms with Crippen molar-refractivity contribution in [3.63, 3.8) is 0 Å². The Morgan fingerprint density at radius 1 is 1.22 bits per heavy atom. The molecular formula is C26H26N8O2S. The number of fused-ring (bicyclic) bond motifs is 2. The molecule has 0 spiro atoms. The van der Waals surface area contributed by atoms with Crippen LogP contribution in [0.2, 0.25) is 0 Å². The van der Waals surface area contributed by atoms with E-state index in [4.69, 9.17) is 14.7 Å². The van der Waals surface area contributed by atoms with Crippen molar-refractivity contribution in [2.45, 2.75) is 25.5 Å². The standard InChI is InChI=1S/C26H26N8O2S/c1-3-11-33-25(35)20-15-27-26(28-18-8-7-17-16-37-31-21(17)14-18)30-24(20)34(33)22-5-4-6-23(29-22)36-19-9-12-32(2)13-10-19/h3-8,14-16,19H,1,9-13H2,2H3,(H,27,28,30). The summed E-state index contributed by atoms with van der Waals surface area (Å²) < 4.78 is 13.9. The zero-order valence-corrected chi connectivity index (χ0v) is 21.2. The predicted molar refractivity (Wildman–Crippen MR) is 145 cm³/mol. The normalized spacial score (nSPS) is 14.8. The number of nitrogens with zero attached hydrogens (tertiary/aromatic N) is 7. The van der Waals surface area contributed by atoms with Crippen LogP contribution in [-0.4, -0.2) is 59.8 Å². The van der Waals surface area contributed by atoms with E-state index in [9.17, 15) is 4.79 Å². The molecule has 188 valence electrons. The Hall–Kier alpha value is -4.09. The average Bonchev–Trinajstić information content (AvgIpc) is 3.48. The van der Waals surface area contributed by atoms with Gasteiger partial charge in [-0.05, 0) is 55.7 Å². The summed E-state index contributed by atoms with van der Waals surface area (Å²) in [6.45, 7) is 6.10. The number of hydrogen-bond donors (Lipinski definition) is 1. The summed E-state index contributed by atoms with van der Waals surface area (Å²) in [5.41, 5.74) is 1.94. The fourth-order valence-corrected chi connectivity index (χ4v) is 5.18. The number of benzene rings is 1. The first-order valence-corrected chi connectivity index (χ1v) is 13.0. The molecule has 10 nitrogen and oxygen atoms in total. The van der Waals surface area contributed by atoms with Crippen molar-refractivity contribution in [2.24, 2.45) is 0 Å². The molecule has 1 aromatic carbocycles. The molecule has 1 saturated heterocycles. The Morgan fingerprint density at radius 3 is 2.92 bits per heavy atom. The predicted octanol–water partition coefficient (Wildman–Crippen LogP) is 3.99. The SMILES string of the molecule is C=CCn1c(=O)c2cnc(Nc3ccc4csnc4c3)nc2n1-c1cccc(OC2CCN(C)CC2)n1. The second-order valence-electron chi connectivity index (χ2n) is 9.09. The molecule has 1 N–H and O–H groups in total. The third kappa shape index (κ3) is 4.58. The average molecular weight is 515 g/mol. The number of hydrogen-bond acceptors (Lipinski definition) is 9. The molecule has 0 bridgehead atoms. The van der Waals surface area contributed by atoms with Gasteiger partial charge >= 0.3 is 0 Å². The van der Waals surface area contributed by atoms with Crippen molar-refractivity contribution >= 4 is 45.1 Å². The maximum atomic E-state index is 13.3. The molecule has 0 radical (unpaired) electrons. The molecule has 0 unspecified atom stereocenters. The number of likely N-dealkylation sites (tertiary alicyclic amines) is 1. The van der Waals surface area contributed by atoms with Crippen molar-refractivity contribution in [3.8, 4) is 11.7 Å². The second-order valence-corrected chi connectivity index (χ2v) is 9.72. The maximum Gasteiger partial charge on any atom is 0.278 e. The van der Waals surface area contributed by atoms with Crippen LogP contribution in [0.15, 0.2) is 65.4 Å². The third-order valence-electron chi connectivity index (χ3n) is 6.47. The van der Waals surface area contributed by atoms with Gasteiger partial charge in [-0.1, -0.05) is 12.1 Å². The van der Waals surface area contributed by atoms with Crippen LogP contribution < -0.4 is 15.6 Å². The largest absolute Gasteiger partial charge is 0.474 e. The van der Waals surface area contributed by atoms with E-state index in [2.05, 4.69) is 33.2 Å². The lowest BCUT2D eigenvalue weighted by Crippen LogP contribution is -2.35. The van der Waals surface area contributed by atoms with Crippen LogP contribution in [0.4, 0.5) is 11.6 Å². The number of pyridine rings is 1. The number of allylic oxidation sites excluding steroid dienone is 1. The van der Waals surface area contributed by atoms with E-state index >= 15 is 0 Å². The molecule has 0 atom stereocenters. The minimum Gasteiger partial charge on any atom is -0.474 e. The Bertz CT molecular complexity index is 1650. The minimum atomic E-state index is -0.214. The van der Waals surface area contributed by atoms with Crippen molar-refractivity contribution in [2.75, 3.05) is 25.5 Å². The second kappa shape index (κ2) is 9.75. The summed E-state index contributed by atoms with van der Waals surface area (Å²) in [6, 6.07) is 11.5. The van der Waals surface area contributed by atoms with E-state index in [1.807, 2.05) is 41.8 Å². The van der Waals surface area contributed by atoms with E-state index in [1.54, 1.807) is 21.6 Å². The lowest BCUT2D eigenvalue weighted by atomic mass is 10.1. The lowest BCUT2D eigenvalue weighted by molar-refractivity contribution is 0.110. The highest BCUT2D eigenvalue weighted by Crippen LogP contribution is 2.24. The number of aromatic nitrogens is 6. The number of nitrogens with one attached hydrogen (secondary N) is 1. The first-order chi connectivity index (χ1) is 18.1. The quantitative estimate of drug-likeness (QED) is 0.325. The van der Waals surface area contributed by atoms with Crippen molar-refractivity contribution in [3.05, 3.63) is 71.0 Å². The van der Waals surface area contributed by atoms with E-state index in [-0.39, 0.29) is 11.7 Å². The van der Waals surface area contributed by atoms with E-state index < -0.39 is 0 Å². The summed E-state index contributed by atoms with van der Waals surface area (Å²) >= 11 is 1.41. The van der Waals surface area contributed by atoms with Crippen LogP contribution in [0.1, 0.15) is 12.8 Å². The van der Waals surface area contributed by atoms with Crippen molar-refractivity contribution in [1.29, 1.82) is 0 Å². The molecule has 4 aromatic heterocycles. The molecule has 1 aliphatic heterocycles. The monoisotopic (exact) mass is 514 g/mol. The molecule has 1 fully saturated rings. The Labute approximate surface area is 217 Å². The van der Waals surface area contributed by atoms with Crippen LogP contribution in [0.25, 0.3) is 27.8 Å². The Kier molecular flexibility index (Phi) is 6.15. The van der Waals surface area contributed by atoms with Crippen LogP contribution in [0, 0.1) is 0 Å². The summed E-state index contributed by atoms with van der Waals surface area (Å²) in [4.78, 5) is 29.4. The summed E-state index contributed by atoms with van der Waals surface area (Å²) in [5.74, 6) is 1.42. The van der Waals surface area contributed by atoms with Crippen LogP contribution >= 0.6 is 11.5 Å². The van der Waals surface area contributed by atoms with Crippen molar-refractivity contribution in [1.82, 2.24) is 33.6 Å². The first-order valence-electron chi connectivity index (χ1n) is 12.1. The van der Waals surface area contributed by atoms with E-state index in [0.717, 1.165) is 42.5 Å². The van der Waals surface area contributed by atoms with Crippen molar-refractivity contribution < 1.29 is 4.74 Å². The van der Waals surface area contributed by atoms with Crippen LogP contribution in [-0.2, 0) is 6.54 Å². The van der Waals surface area contributed by atoms with Crippen LogP contribution in [0.5, 0.6) is 5.88 Å². The number of ether oxygens (including phenoxy) is 1. The molecule has 0 aliphatic carbocycles. The third-order valence-corrected chi connectivity index (χ3v) is 7.14. The molecule has 1 aliphatic rings. The number of anilines is 2. The minimum absolute atomic E-state index is 0.115. The smallest absolute Gasteiger partial charge is 0.278 e.